The van der Waals surface area contributed by atoms with Crippen molar-refractivity contribution < 1.29 is 33.2 Å². The minimum absolute atomic E-state index is 0.309. The number of ether oxygens (including phenoxy) is 7. The summed E-state index contributed by atoms with van der Waals surface area (Å²) in [6, 6.07) is 8.47. The van der Waals surface area contributed by atoms with Crippen molar-refractivity contribution in [1.82, 2.24) is 0 Å². The fourth-order valence-corrected chi connectivity index (χ4v) is 3.52. The van der Waals surface area contributed by atoms with E-state index in [1.165, 1.54) is 50.5 Å². The second-order valence-electron chi connectivity index (χ2n) is 8.84. The van der Waals surface area contributed by atoms with Crippen LogP contribution in [-0.2, 0) is 34.8 Å². The molecule has 1 fully saturated rings. The lowest BCUT2D eigenvalue weighted by Crippen LogP contribution is -2.14. The average molecular weight is 497 g/mol. The van der Waals surface area contributed by atoms with E-state index in [0.29, 0.717) is 78.8 Å². The normalized spacial score (nSPS) is 14.9. The number of unbranched alkanes of at least 4 members (excludes halogenated alkanes) is 6. The second-order valence-corrected chi connectivity index (χ2v) is 8.84. The first-order valence-electron chi connectivity index (χ1n) is 13.6. The monoisotopic (exact) mass is 496 g/mol. The number of aryl methyl sites for hydroxylation is 1. The molecule has 1 atom stereocenters. The molecule has 1 saturated heterocycles. The van der Waals surface area contributed by atoms with Crippen LogP contribution in [0.25, 0.3) is 0 Å². The van der Waals surface area contributed by atoms with E-state index in [2.05, 4.69) is 31.2 Å². The van der Waals surface area contributed by atoms with Gasteiger partial charge in [0.2, 0.25) is 0 Å². The highest BCUT2D eigenvalue weighted by Gasteiger charge is 2.21. The van der Waals surface area contributed by atoms with Gasteiger partial charge in [-0.3, -0.25) is 0 Å². The molecule has 0 aliphatic carbocycles. The first kappa shape index (κ1) is 30.0. The van der Waals surface area contributed by atoms with Crippen LogP contribution in [0.15, 0.2) is 24.3 Å². The number of benzene rings is 1. The molecule has 1 aliphatic heterocycles. The van der Waals surface area contributed by atoms with Crippen LogP contribution in [0.4, 0.5) is 0 Å². The van der Waals surface area contributed by atoms with Crippen LogP contribution in [-0.4, -0.2) is 85.4 Å². The smallest absolute Gasteiger partial charge is 0.119 e. The minimum Gasteiger partial charge on any atom is -0.491 e. The van der Waals surface area contributed by atoms with E-state index < -0.39 is 0 Å². The third kappa shape index (κ3) is 18.7. The van der Waals surface area contributed by atoms with E-state index in [1.54, 1.807) is 0 Å². The molecule has 0 saturated carbocycles. The van der Waals surface area contributed by atoms with Crippen molar-refractivity contribution in [1.29, 1.82) is 0 Å². The van der Waals surface area contributed by atoms with Crippen LogP contribution in [0.2, 0.25) is 0 Å². The lowest BCUT2D eigenvalue weighted by molar-refractivity contribution is -0.0134. The van der Waals surface area contributed by atoms with Crippen molar-refractivity contribution in [2.75, 3.05) is 79.3 Å². The molecule has 0 N–H and O–H groups in total. The Bertz CT molecular complexity index is 577. The van der Waals surface area contributed by atoms with Crippen molar-refractivity contribution in [2.24, 2.45) is 0 Å². The highest BCUT2D eigenvalue weighted by atomic mass is 16.6. The summed E-state index contributed by atoms with van der Waals surface area (Å²) in [6.45, 7) is 9.36. The van der Waals surface area contributed by atoms with Gasteiger partial charge in [0.25, 0.3) is 0 Å². The van der Waals surface area contributed by atoms with Gasteiger partial charge in [-0.05, 0) is 30.5 Å². The van der Waals surface area contributed by atoms with Gasteiger partial charge in [0.1, 0.15) is 18.5 Å². The van der Waals surface area contributed by atoms with E-state index in [1.807, 2.05) is 0 Å². The highest BCUT2D eigenvalue weighted by molar-refractivity contribution is 5.27. The molecular formula is C28H48O7. The Balaban J connectivity index is 1.27. The van der Waals surface area contributed by atoms with E-state index in [-0.39, 0.29) is 0 Å². The Labute approximate surface area is 212 Å². The molecule has 7 heteroatoms. The summed E-state index contributed by atoms with van der Waals surface area (Å²) in [5.74, 6) is 0.898. The topological polar surface area (TPSA) is 67.9 Å². The molecule has 202 valence electrons. The third-order valence-corrected chi connectivity index (χ3v) is 5.68. The summed E-state index contributed by atoms with van der Waals surface area (Å²) in [5, 5.41) is 0. The van der Waals surface area contributed by atoms with E-state index in [4.69, 9.17) is 33.2 Å². The lowest BCUT2D eigenvalue weighted by atomic mass is 10.0. The molecule has 0 bridgehead atoms. The first-order chi connectivity index (χ1) is 17.4. The van der Waals surface area contributed by atoms with Gasteiger partial charge < -0.3 is 33.2 Å². The molecule has 1 aliphatic rings. The molecule has 0 amide bonds. The van der Waals surface area contributed by atoms with Gasteiger partial charge in [0.05, 0.1) is 72.7 Å². The lowest BCUT2D eigenvalue weighted by Gasteiger charge is -2.09. The molecule has 35 heavy (non-hydrogen) atoms. The van der Waals surface area contributed by atoms with Crippen molar-refractivity contribution in [2.45, 2.75) is 64.4 Å². The summed E-state index contributed by atoms with van der Waals surface area (Å²) in [6.07, 6.45) is 10.9. The molecule has 0 radical (unpaired) electrons. The Kier molecular flexibility index (Phi) is 18.9. The van der Waals surface area contributed by atoms with Crippen molar-refractivity contribution in [3.8, 4) is 5.75 Å². The average Bonchev–Trinajstić information content (AvgIpc) is 3.71. The van der Waals surface area contributed by atoms with Crippen LogP contribution in [0, 0.1) is 0 Å². The minimum atomic E-state index is 0.309. The molecule has 7 nitrogen and oxygen atoms in total. The van der Waals surface area contributed by atoms with Gasteiger partial charge in [-0.1, -0.05) is 57.6 Å². The summed E-state index contributed by atoms with van der Waals surface area (Å²) < 4.78 is 38.2. The molecule has 2 rings (SSSR count). The zero-order valence-electron chi connectivity index (χ0n) is 21.9. The van der Waals surface area contributed by atoms with Crippen molar-refractivity contribution in [3.05, 3.63) is 29.8 Å². The summed E-state index contributed by atoms with van der Waals surface area (Å²) >= 11 is 0. The van der Waals surface area contributed by atoms with Gasteiger partial charge in [-0.25, -0.2) is 0 Å². The number of epoxide rings is 1. The van der Waals surface area contributed by atoms with Gasteiger partial charge in [-0.15, -0.1) is 0 Å². The molecule has 0 aromatic heterocycles. The number of rotatable bonds is 26. The Morgan fingerprint density at radius 2 is 1.11 bits per heavy atom. The van der Waals surface area contributed by atoms with Crippen molar-refractivity contribution in [3.63, 3.8) is 0 Å². The van der Waals surface area contributed by atoms with Crippen molar-refractivity contribution >= 4 is 0 Å². The largest absolute Gasteiger partial charge is 0.491 e. The summed E-state index contributed by atoms with van der Waals surface area (Å²) in [4.78, 5) is 0. The maximum Gasteiger partial charge on any atom is 0.119 e. The molecule has 1 aromatic carbocycles. The predicted molar refractivity (Wildman–Crippen MR) is 137 cm³/mol. The van der Waals surface area contributed by atoms with E-state index in [0.717, 1.165) is 18.8 Å². The van der Waals surface area contributed by atoms with Crippen LogP contribution in [0.3, 0.4) is 0 Å². The number of hydrogen-bond donors (Lipinski definition) is 0. The Hall–Kier alpha value is -1.22. The zero-order valence-corrected chi connectivity index (χ0v) is 21.9. The summed E-state index contributed by atoms with van der Waals surface area (Å²) in [7, 11) is 0. The maximum atomic E-state index is 5.76. The Morgan fingerprint density at radius 3 is 1.66 bits per heavy atom. The third-order valence-electron chi connectivity index (χ3n) is 5.68. The van der Waals surface area contributed by atoms with Crippen LogP contribution < -0.4 is 4.74 Å². The maximum absolute atomic E-state index is 5.76. The van der Waals surface area contributed by atoms with Gasteiger partial charge in [0.15, 0.2) is 0 Å². The van der Waals surface area contributed by atoms with Crippen LogP contribution in [0.1, 0.15) is 57.4 Å². The molecule has 1 heterocycles. The fraction of sp³-hybridized carbons (Fsp3) is 0.786. The van der Waals surface area contributed by atoms with Gasteiger partial charge in [-0.2, -0.15) is 0 Å². The standard InChI is InChI=1S/C28H48O7/c1-2-3-4-5-6-7-8-9-26-10-12-27(13-11-26)34-23-22-32-19-18-30-15-14-29-16-17-31-20-21-33-24-28-25-35-28/h10-13,28H,2-9,14-25H2,1H3. The molecular weight excluding hydrogens is 448 g/mol. The molecule has 0 spiro atoms. The molecule has 1 aromatic rings. The van der Waals surface area contributed by atoms with Crippen LogP contribution in [0.5, 0.6) is 5.75 Å². The van der Waals surface area contributed by atoms with E-state index in [9.17, 15) is 0 Å². The van der Waals surface area contributed by atoms with Crippen LogP contribution >= 0.6 is 0 Å². The Morgan fingerprint density at radius 1 is 0.629 bits per heavy atom. The second kappa shape index (κ2) is 22.0. The van der Waals surface area contributed by atoms with Gasteiger partial charge in [0, 0.05) is 0 Å². The van der Waals surface area contributed by atoms with Gasteiger partial charge >= 0.3 is 0 Å². The quantitative estimate of drug-likeness (QED) is 0.134. The predicted octanol–water partition coefficient (Wildman–Crippen LogP) is 4.84. The SMILES string of the molecule is CCCCCCCCCc1ccc(OCCOCCOCCOCCOCCOCC2CO2)cc1. The number of hydrogen-bond acceptors (Lipinski definition) is 7. The first-order valence-corrected chi connectivity index (χ1v) is 13.6. The zero-order chi connectivity index (χ0) is 24.7. The van der Waals surface area contributed by atoms with E-state index >= 15 is 0 Å². The molecule has 1 unspecified atom stereocenters. The summed E-state index contributed by atoms with van der Waals surface area (Å²) in [5.41, 5.74) is 1.39. The highest BCUT2D eigenvalue weighted by Crippen LogP contribution is 2.15. The fourth-order valence-electron chi connectivity index (χ4n) is 3.52.